The van der Waals surface area contributed by atoms with Crippen LogP contribution in [-0.2, 0) is 11.2 Å². The SMILES string of the molecule is NCC1CCC(C(N)=O)(C(Cc2ccccc2)c2cc(-c3ccccc3)cc(=O)[nH]2)CC1. The summed E-state index contributed by atoms with van der Waals surface area (Å²) >= 11 is 0. The number of carbonyl (C=O) groups is 1. The van der Waals surface area contributed by atoms with Crippen molar-refractivity contribution in [2.45, 2.75) is 38.0 Å². The molecular formula is C27H31N3O2. The summed E-state index contributed by atoms with van der Waals surface area (Å²) in [5.74, 6) is -0.105. The van der Waals surface area contributed by atoms with Crippen LogP contribution >= 0.6 is 0 Å². The minimum atomic E-state index is -0.722. The molecule has 2 aromatic carbocycles. The monoisotopic (exact) mass is 429 g/mol. The van der Waals surface area contributed by atoms with Crippen molar-refractivity contribution in [1.29, 1.82) is 0 Å². The zero-order chi connectivity index (χ0) is 22.6. The Balaban J connectivity index is 1.82. The largest absolute Gasteiger partial charge is 0.369 e. The molecule has 5 nitrogen and oxygen atoms in total. The number of benzene rings is 2. The van der Waals surface area contributed by atoms with E-state index in [-0.39, 0.29) is 17.4 Å². The zero-order valence-electron chi connectivity index (χ0n) is 18.3. The molecule has 1 atom stereocenters. The van der Waals surface area contributed by atoms with Crippen LogP contribution in [0.4, 0.5) is 0 Å². The fourth-order valence-corrected chi connectivity index (χ4v) is 5.20. The third kappa shape index (κ3) is 4.53. The van der Waals surface area contributed by atoms with Crippen LogP contribution in [0.2, 0.25) is 0 Å². The van der Waals surface area contributed by atoms with E-state index in [0.29, 0.717) is 31.7 Å². The third-order valence-corrected chi connectivity index (χ3v) is 7.12. The van der Waals surface area contributed by atoms with Gasteiger partial charge in [0.2, 0.25) is 11.5 Å². The van der Waals surface area contributed by atoms with Crippen molar-refractivity contribution in [3.63, 3.8) is 0 Å². The molecule has 1 fully saturated rings. The maximum Gasteiger partial charge on any atom is 0.248 e. The first-order chi connectivity index (χ1) is 15.5. The first-order valence-electron chi connectivity index (χ1n) is 11.4. The lowest BCUT2D eigenvalue weighted by atomic mass is 9.60. The van der Waals surface area contributed by atoms with Crippen LogP contribution in [0, 0.1) is 11.3 Å². The van der Waals surface area contributed by atoms with Crippen molar-refractivity contribution in [1.82, 2.24) is 4.98 Å². The molecule has 1 aromatic heterocycles. The standard InChI is InChI=1S/C27H31N3O2/c28-18-20-11-13-27(14-12-20,26(29)32)23(15-19-7-3-1-4-8-19)24-16-22(17-25(31)30-24)21-9-5-2-6-10-21/h1-10,16-17,20,23H,11-15,18,28H2,(H2,29,32)(H,30,31). The van der Waals surface area contributed by atoms with E-state index in [4.69, 9.17) is 11.5 Å². The van der Waals surface area contributed by atoms with E-state index in [1.165, 1.54) is 0 Å². The Kier molecular flexibility index (Phi) is 6.56. The molecule has 5 heteroatoms. The van der Waals surface area contributed by atoms with Crippen molar-refractivity contribution in [3.8, 4) is 11.1 Å². The average Bonchev–Trinajstić information content (AvgIpc) is 2.83. The molecule has 1 saturated carbocycles. The number of carbonyl (C=O) groups excluding carboxylic acids is 1. The minimum absolute atomic E-state index is 0.172. The average molecular weight is 430 g/mol. The summed E-state index contributed by atoms with van der Waals surface area (Å²) in [6, 6.07) is 23.6. The van der Waals surface area contributed by atoms with Gasteiger partial charge in [-0.15, -0.1) is 0 Å². The van der Waals surface area contributed by atoms with Crippen LogP contribution in [0.3, 0.4) is 0 Å². The Morgan fingerprint density at radius 2 is 1.59 bits per heavy atom. The number of hydrogen-bond acceptors (Lipinski definition) is 3. The highest BCUT2D eigenvalue weighted by molar-refractivity contribution is 5.82. The Morgan fingerprint density at radius 1 is 0.969 bits per heavy atom. The van der Waals surface area contributed by atoms with Crippen LogP contribution in [0.25, 0.3) is 11.1 Å². The van der Waals surface area contributed by atoms with E-state index in [1.54, 1.807) is 6.07 Å². The van der Waals surface area contributed by atoms with E-state index < -0.39 is 5.41 Å². The van der Waals surface area contributed by atoms with Gasteiger partial charge in [-0.2, -0.15) is 0 Å². The summed E-state index contributed by atoms with van der Waals surface area (Å²) in [5.41, 5.74) is 14.8. The summed E-state index contributed by atoms with van der Waals surface area (Å²) in [6.07, 6.45) is 3.73. The van der Waals surface area contributed by atoms with Gasteiger partial charge in [0.15, 0.2) is 0 Å². The molecule has 166 valence electrons. The first kappa shape index (κ1) is 22.0. The predicted octanol–water partition coefficient (Wildman–Crippen LogP) is 3.99. The van der Waals surface area contributed by atoms with Gasteiger partial charge in [0.05, 0.1) is 5.41 Å². The van der Waals surface area contributed by atoms with Crippen molar-refractivity contribution in [3.05, 3.63) is 94.4 Å². The summed E-state index contributed by atoms with van der Waals surface area (Å²) in [7, 11) is 0. The molecular weight excluding hydrogens is 398 g/mol. The third-order valence-electron chi connectivity index (χ3n) is 7.12. The van der Waals surface area contributed by atoms with Gasteiger partial charge in [-0.1, -0.05) is 60.7 Å². The van der Waals surface area contributed by atoms with Crippen LogP contribution in [-0.4, -0.2) is 17.4 Å². The molecule has 1 aliphatic carbocycles. The summed E-state index contributed by atoms with van der Waals surface area (Å²) < 4.78 is 0. The van der Waals surface area contributed by atoms with Crippen molar-refractivity contribution >= 4 is 5.91 Å². The maximum absolute atomic E-state index is 13.0. The van der Waals surface area contributed by atoms with Crippen molar-refractivity contribution in [2.75, 3.05) is 6.54 Å². The number of pyridine rings is 1. The van der Waals surface area contributed by atoms with Gasteiger partial charge >= 0.3 is 0 Å². The number of primary amides is 1. The molecule has 0 spiro atoms. The van der Waals surface area contributed by atoms with Gasteiger partial charge in [0, 0.05) is 17.7 Å². The number of aromatic amines is 1. The van der Waals surface area contributed by atoms with Crippen molar-refractivity contribution < 1.29 is 4.79 Å². The molecule has 1 heterocycles. The molecule has 0 aliphatic heterocycles. The maximum atomic E-state index is 13.0. The second-order valence-corrected chi connectivity index (χ2v) is 9.00. The van der Waals surface area contributed by atoms with Gasteiger partial charge in [0.25, 0.3) is 0 Å². The van der Waals surface area contributed by atoms with Crippen LogP contribution < -0.4 is 17.0 Å². The second-order valence-electron chi connectivity index (χ2n) is 9.00. The lowest BCUT2D eigenvalue weighted by molar-refractivity contribution is -0.131. The molecule has 0 saturated heterocycles. The highest BCUT2D eigenvalue weighted by Crippen LogP contribution is 2.49. The lowest BCUT2D eigenvalue weighted by Gasteiger charge is -2.43. The summed E-state index contributed by atoms with van der Waals surface area (Å²) in [6.45, 7) is 0.624. The topological polar surface area (TPSA) is 102 Å². The van der Waals surface area contributed by atoms with Gasteiger partial charge in [-0.25, -0.2) is 0 Å². The number of amides is 1. The normalized spacial score (nSPS) is 21.7. The van der Waals surface area contributed by atoms with Gasteiger partial charge in [-0.05, 0) is 67.3 Å². The molecule has 1 unspecified atom stereocenters. The predicted molar refractivity (Wildman–Crippen MR) is 128 cm³/mol. The zero-order valence-corrected chi connectivity index (χ0v) is 18.3. The smallest absolute Gasteiger partial charge is 0.248 e. The van der Waals surface area contributed by atoms with Gasteiger partial charge in [-0.3, -0.25) is 9.59 Å². The van der Waals surface area contributed by atoms with E-state index >= 15 is 0 Å². The highest BCUT2D eigenvalue weighted by atomic mass is 16.1. The Labute approximate surface area is 188 Å². The van der Waals surface area contributed by atoms with Gasteiger partial charge in [0.1, 0.15) is 0 Å². The number of nitrogens with two attached hydrogens (primary N) is 2. The van der Waals surface area contributed by atoms with Crippen LogP contribution in [0.1, 0.15) is 42.9 Å². The fraction of sp³-hybridized carbons (Fsp3) is 0.333. The van der Waals surface area contributed by atoms with E-state index in [1.807, 2.05) is 54.6 Å². The van der Waals surface area contributed by atoms with Crippen molar-refractivity contribution in [2.24, 2.45) is 22.8 Å². The van der Waals surface area contributed by atoms with E-state index in [0.717, 1.165) is 35.2 Å². The number of hydrogen-bond donors (Lipinski definition) is 3. The van der Waals surface area contributed by atoms with E-state index in [2.05, 4.69) is 17.1 Å². The highest BCUT2D eigenvalue weighted by Gasteiger charge is 2.47. The minimum Gasteiger partial charge on any atom is -0.369 e. The molecule has 32 heavy (non-hydrogen) atoms. The summed E-state index contributed by atoms with van der Waals surface area (Å²) in [4.78, 5) is 28.8. The first-order valence-corrected chi connectivity index (χ1v) is 11.4. The fourth-order valence-electron chi connectivity index (χ4n) is 5.20. The Hall–Kier alpha value is -3.18. The van der Waals surface area contributed by atoms with Gasteiger partial charge < -0.3 is 16.5 Å². The quantitative estimate of drug-likeness (QED) is 0.529. The molecule has 0 radical (unpaired) electrons. The van der Waals surface area contributed by atoms with Crippen LogP contribution in [0.5, 0.6) is 0 Å². The van der Waals surface area contributed by atoms with Crippen LogP contribution in [0.15, 0.2) is 77.6 Å². The molecule has 1 amide bonds. The van der Waals surface area contributed by atoms with E-state index in [9.17, 15) is 9.59 Å². The molecule has 5 N–H and O–H groups in total. The molecule has 1 aliphatic rings. The second kappa shape index (κ2) is 9.53. The Bertz CT molecular complexity index is 1100. The summed E-state index contributed by atoms with van der Waals surface area (Å²) in [5, 5.41) is 0. The Morgan fingerprint density at radius 3 is 2.19 bits per heavy atom. The number of rotatable bonds is 7. The molecule has 3 aromatic rings. The molecule has 0 bridgehead atoms. The number of nitrogens with one attached hydrogen (secondary N) is 1. The molecule has 4 rings (SSSR count). The number of aromatic nitrogens is 1. The number of H-pyrrole nitrogens is 1. The lowest BCUT2D eigenvalue weighted by Crippen LogP contribution is -2.46.